The van der Waals surface area contributed by atoms with Gasteiger partial charge in [-0.05, 0) is 12.1 Å². The van der Waals surface area contributed by atoms with Crippen LogP contribution >= 0.6 is 0 Å². The molecule has 92 valence electrons. The first-order valence-electron chi connectivity index (χ1n) is 5.39. The fraction of sp³-hybridized carbons (Fsp3) is 0.250. The molecule has 0 radical (unpaired) electrons. The lowest BCUT2D eigenvalue weighted by Gasteiger charge is -2.17. The fourth-order valence-corrected chi connectivity index (χ4v) is 2.51. The average Bonchev–Trinajstić information content (AvgIpc) is 3.01. The molecule has 1 N–H and O–H groups in total. The van der Waals surface area contributed by atoms with E-state index < -0.39 is 41.4 Å². The minimum atomic E-state index is -1.15. The summed E-state index contributed by atoms with van der Waals surface area (Å²) in [6, 6.07) is 5.43. The lowest BCUT2D eigenvalue weighted by molar-refractivity contribution is -0.142. The number of benzene rings is 1. The van der Waals surface area contributed by atoms with Gasteiger partial charge in [0.2, 0.25) is 11.8 Å². The zero-order valence-corrected chi connectivity index (χ0v) is 9.04. The van der Waals surface area contributed by atoms with Crippen molar-refractivity contribution < 1.29 is 23.9 Å². The van der Waals surface area contributed by atoms with Crippen LogP contribution in [0.1, 0.15) is 0 Å². The van der Waals surface area contributed by atoms with Crippen molar-refractivity contribution in [3.8, 4) is 0 Å². The summed E-state index contributed by atoms with van der Waals surface area (Å²) in [6.07, 6.45) is 0. The standard InChI is InChI=1S/C12H8FNO4/c13-5-3-1-2-4-6(5)14-10(15)7-8(11(14)16)9(7)12(17)18/h1-4,7-9H,(H,17,18). The molecule has 6 heteroatoms. The highest BCUT2D eigenvalue weighted by atomic mass is 19.1. The molecule has 1 aliphatic carbocycles. The number of carboxylic acid groups (broad SMARTS) is 1. The van der Waals surface area contributed by atoms with Crippen molar-refractivity contribution in [2.45, 2.75) is 0 Å². The summed E-state index contributed by atoms with van der Waals surface area (Å²) < 4.78 is 13.5. The Hall–Kier alpha value is -2.24. The van der Waals surface area contributed by atoms with Gasteiger partial charge in [0.05, 0.1) is 23.4 Å². The number of rotatable bonds is 2. The van der Waals surface area contributed by atoms with Gasteiger partial charge in [-0.3, -0.25) is 14.4 Å². The molecule has 0 aromatic heterocycles. The van der Waals surface area contributed by atoms with E-state index in [1.54, 1.807) is 0 Å². The summed E-state index contributed by atoms with van der Waals surface area (Å²) in [6.45, 7) is 0. The van der Waals surface area contributed by atoms with E-state index in [0.29, 0.717) is 0 Å². The van der Waals surface area contributed by atoms with Crippen molar-refractivity contribution in [1.29, 1.82) is 0 Å². The molecule has 1 saturated heterocycles. The SMILES string of the molecule is O=C(O)C1C2C(=O)N(c3ccccc3F)C(=O)C12. The van der Waals surface area contributed by atoms with Crippen molar-refractivity contribution in [2.24, 2.45) is 17.8 Å². The van der Waals surface area contributed by atoms with Gasteiger partial charge in [-0.2, -0.15) is 0 Å². The molecule has 2 atom stereocenters. The Morgan fingerprint density at radius 3 is 2.22 bits per heavy atom. The number of para-hydroxylation sites is 1. The number of fused-ring (bicyclic) bond motifs is 1. The van der Waals surface area contributed by atoms with Gasteiger partial charge in [-0.25, -0.2) is 9.29 Å². The van der Waals surface area contributed by atoms with Gasteiger partial charge in [0.15, 0.2) is 0 Å². The smallest absolute Gasteiger partial charge is 0.308 e. The maximum atomic E-state index is 13.5. The lowest BCUT2D eigenvalue weighted by atomic mass is 10.2. The number of aliphatic carboxylic acids is 1. The maximum absolute atomic E-state index is 13.5. The van der Waals surface area contributed by atoms with Gasteiger partial charge in [0.25, 0.3) is 0 Å². The monoisotopic (exact) mass is 249 g/mol. The summed E-state index contributed by atoms with van der Waals surface area (Å²) in [7, 11) is 0. The molecule has 1 aromatic rings. The van der Waals surface area contributed by atoms with Crippen LogP contribution in [0.3, 0.4) is 0 Å². The zero-order valence-electron chi connectivity index (χ0n) is 9.04. The Balaban J connectivity index is 1.95. The minimum Gasteiger partial charge on any atom is -0.481 e. The normalized spacial score (nSPS) is 29.4. The first kappa shape index (κ1) is 10.9. The van der Waals surface area contributed by atoms with E-state index in [1.165, 1.54) is 18.2 Å². The molecule has 1 aliphatic heterocycles. The highest BCUT2D eigenvalue weighted by Crippen LogP contribution is 2.54. The third-order valence-corrected chi connectivity index (χ3v) is 3.41. The van der Waals surface area contributed by atoms with E-state index in [2.05, 4.69) is 0 Å². The highest BCUT2D eigenvalue weighted by molar-refractivity contribution is 6.27. The number of carbonyl (C=O) groups excluding carboxylic acids is 2. The Labute approximate surface area is 101 Å². The first-order valence-corrected chi connectivity index (χ1v) is 5.39. The van der Waals surface area contributed by atoms with E-state index in [4.69, 9.17) is 5.11 Å². The van der Waals surface area contributed by atoms with Crippen LogP contribution in [-0.2, 0) is 14.4 Å². The lowest BCUT2D eigenvalue weighted by Crippen LogP contribution is -2.36. The largest absolute Gasteiger partial charge is 0.481 e. The number of nitrogens with zero attached hydrogens (tertiary/aromatic N) is 1. The van der Waals surface area contributed by atoms with E-state index in [1.807, 2.05) is 0 Å². The van der Waals surface area contributed by atoms with Gasteiger partial charge in [0, 0.05) is 0 Å². The summed E-state index contributed by atoms with van der Waals surface area (Å²) in [5.74, 6) is -5.66. The van der Waals surface area contributed by atoms with Crippen molar-refractivity contribution in [1.82, 2.24) is 0 Å². The zero-order chi connectivity index (χ0) is 13.0. The van der Waals surface area contributed by atoms with Crippen LogP contribution in [0.2, 0.25) is 0 Å². The number of carboxylic acids is 1. The molecule has 18 heavy (non-hydrogen) atoms. The summed E-state index contributed by atoms with van der Waals surface area (Å²) in [5, 5.41) is 8.81. The Bertz CT molecular complexity index is 563. The second-order valence-corrected chi connectivity index (χ2v) is 4.38. The number of piperidine rings is 1. The number of halogens is 1. The molecule has 2 fully saturated rings. The molecule has 3 rings (SSSR count). The molecule has 0 bridgehead atoms. The Morgan fingerprint density at radius 2 is 1.72 bits per heavy atom. The van der Waals surface area contributed by atoms with Gasteiger partial charge < -0.3 is 5.11 Å². The van der Waals surface area contributed by atoms with Gasteiger partial charge in [0.1, 0.15) is 5.82 Å². The molecule has 1 heterocycles. The van der Waals surface area contributed by atoms with E-state index in [-0.39, 0.29) is 5.69 Å². The first-order chi connectivity index (χ1) is 8.54. The quantitative estimate of drug-likeness (QED) is 0.781. The molecule has 2 amide bonds. The Kier molecular flexibility index (Phi) is 2.04. The predicted molar refractivity (Wildman–Crippen MR) is 57.0 cm³/mol. The highest BCUT2D eigenvalue weighted by Gasteiger charge is 2.71. The number of hydrogen-bond donors (Lipinski definition) is 1. The third kappa shape index (κ3) is 1.23. The van der Waals surface area contributed by atoms with Gasteiger partial charge in [-0.15, -0.1) is 0 Å². The predicted octanol–water partition coefficient (Wildman–Crippen LogP) is 0.646. The number of carbonyl (C=O) groups is 3. The van der Waals surface area contributed by atoms with Crippen LogP contribution < -0.4 is 4.90 Å². The average molecular weight is 249 g/mol. The maximum Gasteiger partial charge on any atom is 0.308 e. The number of anilines is 1. The topological polar surface area (TPSA) is 74.7 Å². The van der Waals surface area contributed by atoms with Crippen LogP contribution in [-0.4, -0.2) is 22.9 Å². The van der Waals surface area contributed by atoms with Crippen molar-refractivity contribution in [3.05, 3.63) is 30.1 Å². The van der Waals surface area contributed by atoms with Crippen LogP contribution in [0, 0.1) is 23.6 Å². The minimum absolute atomic E-state index is 0.108. The van der Waals surface area contributed by atoms with Crippen LogP contribution in [0.5, 0.6) is 0 Å². The van der Waals surface area contributed by atoms with Gasteiger partial charge in [-0.1, -0.05) is 12.1 Å². The second kappa shape index (κ2) is 3.38. The summed E-state index contributed by atoms with van der Waals surface area (Å²) >= 11 is 0. The summed E-state index contributed by atoms with van der Waals surface area (Å²) in [4.78, 5) is 35.3. The van der Waals surface area contributed by atoms with E-state index in [0.717, 1.165) is 11.0 Å². The number of hydrogen-bond acceptors (Lipinski definition) is 3. The second-order valence-electron chi connectivity index (χ2n) is 4.38. The molecule has 1 aromatic carbocycles. The molecule has 1 saturated carbocycles. The van der Waals surface area contributed by atoms with Crippen molar-refractivity contribution in [3.63, 3.8) is 0 Å². The molecule has 2 unspecified atom stereocenters. The molecular formula is C12H8FNO4. The number of imide groups is 1. The molecule has 5 nitrogen and oxygen atoms in total. The molecule has 0 spiro atoms. The van der Waals surface area contributed by atoms with Crippen LogP contribution in [0.15, 0.2) is 24.3 Å². The molecule has 2 aliphatic rings. The van der Waals surface area contributed by atoms with E-state index in [9.17, 15) is 18.8 Å². The van der Waals surface area contributed by atoms with Crippen molar-refractivity contribution >= 4 is 23.5 Å². The van der Waals surface area contributed by atoms with Gasteiger partial charge >= 0.3 is 5.97 Å². The Morgan fingerprint density at radius 1 is 1.17 bits per heavy atom. The van der Waals surface area contributed by atoms with E-state index >= 15 is 0 Å². The van der Waals surface area contributed by atoms with Crippen LogP contribution in [0.4, 0.5) is 10.1 Å². The fourth-order valence-electron chi connectivity index (χ4n) is 2.51. The number of amides is 2. The molecular weight excluding hydrogens is 241 g/mol. The van der Waals surface area contributed by atoms with Crippen molar-refractivity contribution in [2.75, 3.05) is 4.90 Å². The van der Waals surface area contributed by atoms with Crippen LogP contribution in [0.25, 0.3) is 0 Å². The third-order valence-electron chi connectivity index (χ3n) is 3.41. The summed E-state index contributed by atoms with van der Waals surface area (Å²) in [5.41, 5.74) is -0.108.